The van der Waals surface area contributed by atoms with Gasteiger partial charge in [0.15, 0.2) is 5.84 Å². The van der Waals surface area contributed by atoms with Crippen molar-refractivity contribution in [3.05, 3.63) is 61.9 Å². The molecule has 158 valence electrons. The highest BCUT2D eigenvalue weighted by Gasteiger charge is 2.35. The molecule has 0 spiro atoms. The Morgan fingerprint density at radius 1 is 1.32 bits per heavy atom. The smallest absolute Gasteiger partial charge is 0.289 e. The van der Waals surface area contributed by atoms with Crippen LogP contribution in [0.15, 0.2) is 39.9 Å². The van der Waals surface area contributed by atoms with E-state index in [0.29, 0.717) is 22.8 Å². The molecule has 11 heteroatoms. The molecule has 0 atom stereocenters. The zero-order valence-electron chi connectivity index (χ0n) is 16.8. The minimum Gasteiger partial charge on any atom is -0.318 e. The van der Waals surface area contributed by atoms with Gasteiger partial charge in [-0.1, -0.05) is 18.5 Å². The first kappa shape index (κ1) is 21.0. The van der Waals surface area contributed by atoms with Crippen LogP contribution in [0.4, 0.5) is 5.69 Å². The van der Waals surface area contributed by atoms with E-state index in [0.717, 1.165) is 16.4 Å². The van der Waals surface area contributed by atoms with E-state index in [9.17, 15) is 14.9 Å². The molecule has 1 aromatic heterocycles. The highest BCUT2D eigenvalue weighted by atomic mass is 35.5. The van der Waals surface area contributed by atoms with E-state index in [1.54, 1.807) is 12.1 Å². The van der Waals surface area contributed by atoms with Gasteiger partial charge in [0.2, 0.25) is 5.17 Å². The van der Waals surface area contributed by atoms with Crippen LogP contribution < -0.4 is 0 Å². The Morgan fingerprint density at radius 2 is 2.06 bits per heavy atom. The summed E-state index contributed by atoms with van der Waals surface area (Å²) in [5, 5.41) is 26.7. The van der Waals surface area contributed by atoms with Gasteiger partial charge >= 0.3 is 0 Å². The average molecular weight is 457 g/mol. The minimum atomic E-state index is -0.528. The van der Waals surface area contributed by atoms with Crippen molar-refractivity contribution >= 4 is 57.1 Å². The predicted molar refractivity (Wildman–Crippen MR) is 122 cm³/mol. The van der Waals surface area contributed by atoms with Crippen LogP contribution in [0.2, 0.25) is 5.02 Å². The number of thioether (sulfide) groups is 1. The third-order valence-electron chi connectivity index (χ3n) is 4.95. The van der Waals surface area contributed by atoms with Gasteiger partial charge in [-0.15, -0.1) is 0 Å². The molecule has 0 unspecified atom stereocenters. The van der Waals surface area contributed by atoms with Crippen LogP contribution >= 0.6 is 23.4 Å². The number of aliphatic imine (C=N–C) groups is 1. The van der Waals surface area contributed by atoms with Crippen LogP contribution in [0, 0.1) is 29.4 Å². The van der Waals surface area contributed by atoms with Crippen molar-refractivity contribution in [3.8, 4) is 5.69 Å². The number of nitrogens with zero attached hydrogens (tertiary/aromatic N) is 5. The van der Waals surface area contributed by atoms with Gasteiger partial charge in [-0.2, -0.15) is 15.1 Å². The first-order valence-corrected chi connectivity index (χ1v) is 10.5. The summed E-state index contributed by atoms with van der Waals surface area (Å²) in [5.74, 6) is -0.527. The molecule has 31 heavy (non-hydrogen) atoms. The Bertz CT molecular complexity index is 1260. The number of nitro groups is 1. The average Bonchev–Trinajstić information content (AvgIpc) is 3.26. The maximum Gasteiger partial charge on any atom is 0.289 e. The topological polar surface area (TPSA) is 117 Å². The van der Waals surface area contributed by atoms with E-state index in [1.165, 1.54) is 28.9 Å². The normalized spacial score (nSPS) is 17.2. The number of aryl methyl sites for hydroxylation is 1. The van der Waals surface area contributed by atoms with E-state index in [2.05, 4.69) is 10.1 Å². The summed E-state index contributed by atoms with van der Waals surface area (Å²) in [7, 11) is 0. The van der Waals surface area contributed by atoms with Crippen LogP contribution in [0.3, 0.4) is 0 Å². The molecule has 1 N–H and O–H groups in total. The second-order valence-electron chi connectivity index (χ2n) is 6.92. The van der Waals surface area contributed by atoms with E-state index in [4.69, 9.17) is 17.0 Å². The summed E-state index contributed by atoms with van der Waals surface area (Å²) in [4.78, 5) is 27.4. The van der Waals surface area contributed by atoms with Crippen LogP contribution in [-0.4, -0.2) is 36.5 Å². The number of halogens is 1. The lowest BCUT2D eigenvalue weighted by Gasteiger charge is -2.20. The van der Waals surface area contributed by atoms with Crippen LogP contribution in [-0.2, 0) is 4.79 Å². The molecule has 0 saturated heterocycles. The summed E-state index contributed by atoms with van der Waals surface area (Å²) >= 11 is 7.23. The fourth-order valence-electron chi connectivity index (χ4n) is 3.44. The number of amides is 1. The first-order valence-electron chi connectivity index (χ1n) is 9.33. The number of hydrogen-bond donors (Lipinski definition) is 1. The molecule has 2 aliphatic heterocycles. The molecule has 1 aromatic carbocycles. The van der Waals surface area contributed by atoms with Crippen molar-refractivity contribution in [2.24, 2.45) is 10.1 Å². The van der Waals surface area contributed by atoms with E-state index in [-0.39, 0.29) is 22.1 Å². The van der Waals surface area contributed by atoms with Crippen molar-refractivity contribution in [1.82, 2.24) is 9.58 Å². The number of amidine groups is 2. The Balaban J connectivity index is 1.77. The predicted octanol–water partition coefficient (Wildman–Crippen LogP) is 4.68. The fourth-order valence-corrected chi connectivity index (χ4v) is 4.45. The van der Waals surface area contributed by atoms with Crippen LogP contribution in [0.25, 0.3) is 11.8 Å². The van der Waals surface area contributed by atoms with Crippen molar-refractivity contribution < 1.29 is 9.72 Å². The molecular formula is C20H17ClN6O3S. The number of benzene rings is 1. The number of fused-ring (bicyclic) bond motifs is 1. The van der Waals surface area contributed by atoms with E-state index in [1.807, 2.05) is 31.4 Å². The summed E-state index contributed by atoms with van der Waals surface area (Å²) in [6, 6.07) is 6.43. The molecule has 0 bridgehead atoms. The highest BCUT2D eigenvalue weighted by molar-refractivity contribution is 8.26. The molecule has 4 rings (SSSR count). The number of hydrazone groups is 1. The second-order valence-corrected chi connectivity index (χ2v) is 8.37. The van der Waals surface area contributed by atoms with Gasteiger partial charge in [0, 0.05) is 17.5 Å². The van der Waals surface area contributed by atoms with E-state index >= 15 is 0 Å². The lowest BCUT2D eigenvalue weighted by molar-refractivity contribution is -0.384. The Hall–Kier alpha value is -3.24. The SMILES string of the molecule is CCC1=NN2C(=N)C(=Cc3cc(C)n(-c4ccc(Cl)c([N+](=O)[O-])c4)c3C)C(=O)N=C2S1. The summed E-state index contributed by atoms with van der Waals surface area (Å²) in [6.07, 6.45) is 2.30. The lowest BCUT2D eigenvalue weighted by Crippen LogP contribution is -2.35. The quantitative estimate of drug-likeness (QED) is 0.407. The number of carbonyl (C=O) groups excluding carboxylic acids is 1. The fraction of sp³-hybridized carbons (Fsp3) is 0.200. The molecule has 0 aliphatic carbocycles. The molecule has 0 fully saturated rings. The van der Waals surface area contributed by atoms with Crippen molar-refractivity contribution in [1.29, 1.82) is 5.41 Å². The molecular weight excluding hydrogens is 440 g/mol. The highest BCUT2D eigenvalue weighted by Crippen LogP contribution is 2.32. The number of aromatic nitrogens is 1. The van der Waals surface area contributed by atoms with Gasteiger partial charge in [-0.25, -0.2) is 0 Å². The Labute approximate surface area is 186 Å². The van der Waals surface area contributed by atoms with Crippen molar-refractivity contribution in [2.45, 2.75) is 27.2 Å². The maximum absolute atomic E-state index is 12.6. The van der Waals surface area contributed by atoms with Gasteiger partial charge < -0.3 is 4.57 Å². The number of hydrogen-bond acceptors (Lipinski definition) is 6. The third kappa shape index (κ3) is 3.57. The van der Waals surface area contributed by atoms with Crippen molar-refractivity contribution in [3.63, 3.8) is 0 Å². The molecule has 0 saturated carbocycles. The molecule has 9 nitrogen and oxygen atoms in total. The van der Waals surface area contributed by atoms with Gasteiger partial charge in [-0.05, 0) is 61.9 Å². The Kier molecular flexibility index (Phi) is 5.28. The molecule has 3 heterocycles. The molecule has 2 aromatic rings. The van der Waals surface area contributed by atoms with E-state index < -0.39 is 10.8 Å². The number of carbonyl (C=O) groups is 1. The Morgan fingerprint density at radius 3 is 2.74 bits per heavy atom. The standard InChI is InChI=1S/C20H17ClN6O3S/c1-4-17-24-26-18(22)14(19(28)23-20(26)31-17)8-12-7-10(2)25(11(12)3)13-5-6-15(21)16(9-13)27(29)30/h5-9,22H,4H2,1-3H3. The van der Waals surface area contributed by atoms with Gasteiger partial charge in [0.05, 0.1) is 16.2 Å². The zero-order valence-corrected chi connectivity index (χ0v) is 18.4. The van der Waals surface area contributed by atoms with Crippen LogP contribution in [0.5, 0.6) is 0 Å². The minimum absolute atomic E-state index is 0.0297. The second kappa shape index (κ2) is 7.78. The number of nitrogens with one attached hydrogen (secondary N) is 1. The largest absolute Gasteiger partial charge is 0.318 e. The number of rotatable bonds is 4. The summed E-state index contributed by atoms with van der Waals surface area (Å²) < 4.78 is 1.83. The maximum atomic E-state index is 12.6. The third-order valence-corrected chi connectivity index (χ3v) is 6.33. The van der Waals surface area contributed by atoms with Crippen LogP contribution in [0.1, 0.15) is 30.3 Å². The monoisotopic (exact) mass is 456 g/mol. The van der Waals surface area contributed by atoms with Gasteiger partial charge in [0.25, 0.3) is 11.6 Å². The summed E-state index contributed by atoms with van der Waals surface area (Å²) in [5.41, 5.74) is 2.79. The molecule has 2 aliphatic rings. The van der Waals surface area contributed by atoms with Crippen molar-refractivity contribution in [2.75, 3.05) is 0 Å². The summed E-state index contributed by atoms with van der Waals surface area (Å²) in [6.45, 7) is 5.64. The van der Waals surface area contributed by atoms with Gasteiger partial charge in [-0.3, -0.25) is 20.3 Å². The molecule has 1 amide bonds. The zero-order chi connectivity index (χ0) is 22.4. The number of nitro benzene ring substituents is 1. The lowest BCUT2D eigenvalue weighted by atomic mass is 10.1. The molecule has 0 radical (unpaired) electrons. The first-order chi connectivity index (χ1) is 14.7. The van der Waals surface area contributed by atoms with Gasteiger partial charge in [0.1, 0.15) is 10.1 Å².